The van der Waals surface area contributed by atoms with Crippen LogP contribution in [0.4, 0.5) is 10.1 Å². The van der Waals surface area contributed by atoms with Crippen LogP contribution in [0.3, 0.4) is 0 Å². The molecule has 0 aliphatic carbocycles. The Morgan fingerprint density at radius 1 is 1.26 bits per heavy atom. The molecule has 2 rings (SSSR count). The van der Waals surface area contributed by atoms with E-state index in [9.17, 15) is 14.0 Å². The van der Waals surface area contributed by atoms with Crippen LogP contribution in [0.1, 0.15) is 17.3 Å². The van der Waals surface area contributed by atoms with Crippen LogP contribution < -0.4 is 14.8 Å². The number of carbonyl (C=O) groups excluding carboxylic acids is 2. The van der Waals surface area contributed by atoms with Gasteiger partial charge in [0.2, 0.25) is 0 Å². The molecule has 120 valence electrons. The summed E-state index contributed by atoms with van der Waals surface area (Å²) >= 11 is 0. The summed E-state index contributed by atoms with van der Waals surface area (Å²) < 4.78 is 24.0. The summed E-state index contributed by atoms with van der Waals surface area (Å²) in [4.78, 5) is 23.2. The second-order valence-electron chi connectivity index (χ2n) is 4.75. The predicted octanol–water partition coefficient (Wildman–Crippen LogP) is 3.05. The van der Waals surface area contributed by atoms with Gasteiger partial charge in [-0.25, -0.2) is 4.39 Å². The van der Waals surface area contributed by atoms with Crippen molar-refractivity contribution in [2.75, 3.05) is 12.4 Å². The lowest BCUT2D eigenvalue weighted by molar-refractivity contribution is -0.122. The van der Waals surface area contributed by atoms with Crippen LogP contribution in [-0.2, 0) is 4.79 Å². The molecule has 1 N–H and O–H groups in total. The fourth-order valence-corrected chi connectivity index (χ4v) is 1.89. The van der Waals surface area contributed by atoms with Gasteiger partial charge in [0, 0.05) is 0 Å². The Kier molecular flexibility index (Phi) is 5.30. The third-order valence-electron chi connectivity index (χ3n) is 3.15. The van der Waals surface area contributed by atoms with E-state index in [1.54, 1.807) is 12.1 Å². The lowest BCUT2D eigenvalue weighted by Crippen LogP contribution is -2.30. The molecule has 2 aromatic carbocycles. The van der Waals surface area contributed by atoms with Crippen LogP contribution in [0, 0.1) is 5.82 Å². The number of rotatable bonds is 6. The van der Waals surface area contributed by atoms with E-state index >= 15 is 0 Å². The normalized spacial score (nSPS) is 11.4. The second kappa shape index (κ2) is 7.40. The molecule has 1 atom stereocenters. The molecule has 2 aromatic rings. The number of aldehydes is 1. The molecule has 6 heteroatoms. The Hall–Kier alpha value is -2.89. The molecule has 0 aliphatic rings. The molecule has 23 heavy (non-hydrogen) atoms. The number of para-hydroxylation sites is 1. The number of hydrogen-bond donors (Lipinski definition) is 1. The number of ether oxygens (including phenoxy) is 2. The monoisotopic (exact) mass is 317 g/mol. The molecule has 0 heterocycles. The van der Waals surface area contributed by atoms with Gasteiger partial charge in [0.1, 0.15) is 17.3 Å². The van der Waals surface area contributed by atoms with E-state index in [0.717, 1.165) is 0 Å². The molecular formula is C17H16FNO4. The molecule has 0 unspecified atom stereocenters. The van der Waals surface area contributed by atoms with Crippen molar-refractivity contribution in [3.63, 3.8) is 0 Å². The molecule has 1 amide bonds. The maximum atomic E-state index is 13.5. The standard InChI is InChI=1S/C17H16FNO4/c1-11(17(21)19-15-6-4-3-5-14(15)18)23-16-8-7-13(22-2)9-12(16)10-20/h3-11H,1-2H3,(H,19,21)/t11-/m0/s1. The molecule has 0 aliphatic heterocycles. The third kappa shape index (κ3) is 4.06. The number of anilines is 1. The van der Waals surface area contributed by atoms with Crippen molar-refractivity contribution in [1.82, 2.24) is 0 Å². The minimum absolute atomic E-state index is 0.0679. The van der Waals surface area contributed by atoms with Crippen LogP contribution >= 0.6 is 0 Å². The van der Waals surface area contributed by atoms with E-state index in [1.165, 1.54) is 44.4 Å². The number of halogens is 1. The molecule has 0 saturated carbocycles. The lowest BCUT2D eigenvalue weighted by atomic mass is 10.2. The maximum absolute atomic E-state index is 13.5. The molecular weight excluding hydrogens is 301 g/mol. The van der Waals surface area contributed by atoms with Crippen molar-refractivity contribution >= 4 is 17.9 Å². The van der Waals surface area contributed by atoms with E-state index in [0.29, 0.717) is 12.0 Å². The van der Waals surface area contributed by atoms with Crippen LogP contribution in [0.25, 0.3) is 0 Å². The SMILES string of the molecule is COc1ccc(O[C@@H](C)C(=O)Nc2ccccc2F)c(C=O)c1. The molecule has 0 aromatic heterocycles. The summed E-state index contributed by atoms with van der Waals surface area (Å²) in [5.41, 5.74) is 0.327. The average molecular weight is 317 g/mol. The van der Waals surface area contributed by atoms with E-state index < -0.39 is 17.8 Å². The number of methoxy groups -OCH3 is 1. The van der Waals surface area contributed by atoms with Crippen LogP contribution in [0.15, 0.2) is 42.5 Å². The molecule has 0 radical (unpaired) electrons. The second-order valence-corrected chi connectivity index (χ2v) is 4.75. The molecule has 0 spiro atoms. The van der Waals surface area contributed by atoms with E-state index in [-0.39, 0.29) is 17.0 Å². The van der Waals surface area contributed by atoms with Crippen molar-refractivity contribution in [3.8, 4) is 11.5 Å². The molecule has 5 nitrogen and oxygen atoms in total. The van der Waals surface area contributed by atoms with Gasteiger partial charge in [0.05, 0.1) is 18.4 Å². The van der Waals surface area contributed by atoms with Crippen molar-refractivity contribution in [2.45, 2.75) is 13.0 Å². The van der Waals surface area contributed by atoms with Gasteiger partial charge in [-0.1, -0.05) is 12.1 Å². The zero-order valence-corrected chi connectivity index (χ0v) is 12.7. The highest BCUT2D eigenvalue weighted by Gasteiger charge is 2.18. The Labute approximate surface area is 133 Å². The summed E-state index contributed by atoms with van der Waals surface area (Å²) in [5, 5.41) is 2.44. The highest BCUT2D eigenvalue weighted by Crippen LogP contribution is 2.24. The highest BCUT2D eigenvalue weighted by atomic mass is 19.1. The molecule has 0 saturated heterocycles. The van der Waals surface area contributed by atoms with Gasteiger partial charge in [-0.15, -0.1) is 0 Å². The van der Waals surface area contributed by atoms with Crippen LogP contribution in [0.2, 0.25) is 0 Å². The van der Waals surface area contributed by atoms with Gasteiger partial charge in [-0.3, -0.25) is 9.59 Å². The highest BCUT2D eigenvalue weighted by molar-refractivity contribution is 5.94. The van der Waals surface area contributed by atoms with Gasteiger partial charge >= 0.3 is 0 Å². The molecule has 0 fully saturated rings. The summed E-state index contributed by atoms with van der Waals surface area (Å²) in [6.45, 7) is 1.51. The minimum atomic E-state index is -0.915. The number of carbonyl (C=O) groups is 2. The Balaban J connectivity index is 2.09. The van der Waals surface area contributed by atoms with Crippen molar-refractivity contribution in [1.29, 1.82) is 0 Å². The first-order valence-electron chi connectivity index (χ1n) is 6.90. The topological polar surface area (TPSA) is 64.6 Å². The fourth-order valence-electron chi connectivity index (χ4n) is 1.89. The Bertz CT molecular complexity index is 717. The van der Waals surface area contributed by atoms with E-state index in [2.05, 4.69) is 5.32 Å². The zero-order valence-electron chi connectivity index (χ0n) is 12.7. The maximum Gasteiger partial charge on any atom is 0.265 e. The van der Waals surface area contributed by atoms with Crippen LogP contribution in [-0.4, -0.2) is 25.4 Å². The zero-order chi connectivity index (χ0) is 16.8. The lowest BCUT2D eigenvalue weighted by Gasteiger charge is -2.16. The van der Waals surface area contributed by atoms with Gasteiger partial charge in [0.25, 0.3) is 5.91 Å². The largest absolute Gasteiger partial charge is 0.497 e. The predicted molar refractivity (Wildman–Crippen MR) is 83.5 cm³/mol. The van der Waals surface area contributed by atoms with E-state index in [1.807, 2.05) is 0 Å². The first kappa shape index (κ1) is 16.5. The Morgan fingerprint density at radius 2 is 2.00 bits per heavy atom. The first-order chi connectivity index (χ1) is 11.0. The quantitative estimate of drug-likeness (QED) is 0.832. The Morgan fingerprint density at radius 3 is 2.65 bits per heavy atom. The fraction of sp³-hybridized carbons (Fsp3) is 0.176. The van der Waals surface area contributed by atoms with Gasteiger partial charge in [-0.2, -0.15) is 0 Å². The van der Waals surface area contributed by atoms with Crippen molar-refractivity contribution in [2.24, 2.45) is 0 Å². The van der Waals surface area contributed by atoms with Gasteiger partial charge < -0.3 is 14.8 Å². The summed E-state index contributed by atoms with van der Waals surface area (Å²) in [7, 11) is 1.48. The number of amides is 1. The summed E-state index contributed by atoms with van der Waals surface area (Å²) in [5.74, 6) is -0.311. The van der Waals surface area contributed by atoms with Crippen LogP contribution in [0.5, 0.6) is 11.5 Å². The van der Waals surface area contributed by atoms with Gasteiger partial charge in [0.15, 0.2) is 12.4 Å². The van der Waals surface area contributed by atoms with E-state index in [4.69, 9.17) is 9.47 Å². The van der Waals surface area contributed by atoms with Gasteiger partial charge in [-0.05, 0) is 37.3 Å². The summed E-state index contributed by atoms with van der Waals surface area (Å²) in [6.07, 6.45) is -0.305. The first-order valence-corrected chi connectivity index (χ1v) is 6.90. The molecule has 0 bridgehead atoms. The van der Waals surface area contributed by atoms with Crippen molar-refractivity contribution in [3.05, 3.63) is 53.8 Å². The number of nitrogens with one attached hydrogen (secondary N) is 1. The minimum Gasteiger partial charge on any atom is -0.497 e. The van der Waals surface area contributed by atoms with Crippen molar-refractivity contribution < 1.29 is 23.5 Å². The number of benzene rings is 2. The third-order valence-corrected chi connectivity index (χ3v) is 3.15. The smallest absolute Gasteiger partial charge is 0.265 e. The average Bonchev–Trinajstić information content (AvgIpc) is 2.57. The summed E-state index contributed by atoms with van der Waals surface area (Å²) in [6, 6.07) is 10.5. The number of hydrogen-bond acceptors (Lipinski definition) is 4.